The third kappa shape index (κ3) is 5.46. The SMILES string of the molecule is CCN(C(=O)CCN(C)CCc1ccncc1)c1cccc(C)c1. The van der Waals surface area contributed by atoms with E-state index in [-0.39, 0.29) is 5.91 Å². The van der Waals surface area contributed by atoms with Crippen molar-refractivity contribution in [2.75, 3.05) is 31.6 Å². The molecule has 4 nitrogen and oxygen atoms in total. The van der Waals surface area contributed by atoms with Gasteiger partial charge in [0.25, 0.3) is 0 Å². The fourth-order valence-corrected chi connectivity index (χ4v) is 2.70. The van der Waals surface area contributed by atoms with Crippen LogP contribution in [0.1, 0.15) is 24.5 Å². The summed E-state index contributed by atoms with van der Waals surface area (Å²) in [6.07, 6.45) is 5.15. The highest BCUT2D eigenvalue weighted by atomic mass is 16.2. The minimum atomic E-state index is 0.180. The minimum absolute atomic E-state index is 0.180. The second-order valence-corrected chi connectivity index (χ2v) is 6.14. The maximum Gasteiger partial charge on any atom is 0.228 e. The maximum absolute atomic E-state index is 12.6. The summed E-state index contributed by atoms with van der Waals surface area (Å²) in [5.41, 5.74) is 3.44. The van der Waals surface area contributed by atoms with Gasteiger partial charge in [-0.15, -0.1) is 0 Å². The van der Waals surface area contributed by atoms with Gasteiger partial charge in [-0.1, -0.05) is 12.1 Å². The molecule has 0 bridgehead atoms. The van der Waals surface area contributed by atoms with E-state index in [4.69, 9.17) is 0 Å². The number of anilines is 1. The molecule has 1 aromatic heterocycles. The number of aromatic nitrogens is 1. The van der Waals surface area contributed by atoms with Gasteiger partial charge in [-0.3, -0.25) is 9.78 Å². The number of hydrogen-bond donors (Lipinski definition) is 0. The molecule has 0 saturated heterocycles. The molecule has 0 unspecified atom stereocenters. The van der Waals surface area contributed by atoms with Gasteiger partial charge < -0.3 is 9.80 Å². The lowest BCUT2D eigenvalue weighted by molar-refractivity contribution is -0.118. The van der Waals surface area contributed by atoms with Gasteiger partial charge in [-0.25, -0.2) is 0 Å². The van der Waals surface area contributed by atoms with Crippen molar-refractivity contribution in [2.45, 2.75) is 26.7 Å². The number of benzene rings is 1. The molecule has 0 N–H and O–H groups in total. The Hall–Kier alpha value is -2.20. The number of aryl methyl sites for hydroxylation is 1. The average Bonchev–Trinajstić information content (AvgIpc) is 2.60. The van der Waals surface area contributed by atoms with Crippen LogP contribution in [0.4, 0.5) is 5.69 Å². The second-order valence-electron chi connectivity index (χ2n) is 6.14. The molecule has 1 heterocycles. The van der Waals surface area contributed by atoms with Crippen molar-refractivity contribution in [3.05, 3.63) is 59.9 Å². The first kappa shape index (κ1) is 18.1. The highest BCUT2D eigenvalue weighted by molar-refractivity contribution is 5.93. The summed E-state index contributed by atoms with van der Waals surface area (Å²) in [5, 5.41) is 0. The molecule has 0 saturated carbocycles. The summed E-state index contributed by atoms with van der Waals surface area (Å²) in [6.45, 7) is 6.48. The Labute approximate surface area is 145 Å². The topological polar surface area (TPSA) is 36.4 Å². The first-order valence-corrected chi connectivity index (χ1v) is 8.54. The van der Waals surface area contributed by atoms with E-state index in [1.54, 1.807) is 0 Å². The van der Waals surface area contributed by atoms with Crippen molar-refractivity contribution in [2.24, 2.45) is 0 Å². The van der Waals surface area contributed by atoms with Crippen molar-refractivity contribution >= 4 is 11.6 Å². The third-order valence-electron chi connectivity index (χ3n) is 4.17. The number of amides is 1. The Balaban J connectivity index is 1.82. The summed E-state index contributed by atoms with van der Waals surface area (Å²) >= 11 is 0. The van der Waals surface area contributed by atoms with Crippen molar-refractivity contribution < 1.29 is 4.79 Å². The average molecular weight is 325 g/mol. The minimum Gasteiger partial charge on any atom is -0.313 e. The molecule has 0 aliphatic carbocycles. The monoisotopic (exact) mass is 325 g/mol. The first-order chi connectivity index (χ1) is 11.6. The van der Waals surface area contributed by atoms with E-state index in [0.717, 1.165) is 25.2 Å². The molecule has 0 spiro atoms. The standard InChI is InChI=1S/C20H27N3O/c1-4-23(19-7-5-6-17(2)16-19)20(24)11-15-22(3)14-10-18-8-12-21-13-9-18/h5-9,12-13,16H,4,10-11,14-15H2,1-3H3. The van der Waals surface area contributed by atoms with Gasteiger partial charge in [0.2, 0.25) is 5.91 Å². The normalized spacial score (nSPS) is 10.8. The third-order valence-corrected chi connectivity index (χ3v) is 4.17. The summed E-state index contributed by atoms with van der Waals surface area (Å²) in [7, 11) is 2.07. The number of rotatable bonds is 8. The number of hydrogen-bond acceptors (Lipinski definition) is 3. The Kier molecular flexibility index (Phi) is 6.94. The summed E-state index contributed by atoms with van der Waals surface area (Å²) in [5.74, 6) is 0.180. The highest BCUT2D eigenvalue weighted by Crippen LogP contribution is 2.16. The number of carbonyl (C=O) groups excluding carboxylic acids is 1. The van der Waals surface area contributed by atoms with Crippen molar-refractivity contribution in [3.63, 3.8) is 0 Å². The molecule has 2 rings (SSSR count). The molecule has 1 amide bonds. The van der Waals surface area contributed by atoms with E-state index in [1.807, 2.05) is 48.5 Å². The molecule has 2 aromatic rings. The van der Waals surface area contributed by atoms with Gasteiger partial charge in [0, 0.05) is 44.1 Å². The molecule has 1 aromatic carbocycles. The zero-order valence-electron chi connectivity index (χ0n) is 14.9. The van der Waals surface area contributed by atoms with Gasteiger partial charge >= 0.3 is 0 Å². The molecular weight excluding hydrogens is 298 g/mol. The largest absolute Gasteiger partial charge is 0.313 e. The quantitative estimate of drug-likeness (QED) is 0.747. The molecule has 0 aliphatic heterocycles. The summed E-state index contributed by atoms with van der Waals surface area (Å²) < 4.78 is 0. The van der Waals surface area contributed by atoms with Gasteiger partial charge in [0.05, 0.1) is 0 Å². The zero-order valence-corrected chi connectivity index (χ0v) is 14.9. The van der Waals surface area contributed by atoms with Crippen LogP contribution in [-0.4, -0.2) is 42.5 Å². The van der Waals surface area contributed by atoms with Crippen LogP contribution in [0.25, 0.3) is 0 Å². The molecule has 4 heteroatoms. The molecule has 0 fully saturated rings. The Bertz CT molecular complexity index is 642. The molecule has 0 radical (unpaired) electrons. The van der Waals surface area contributed by atoms with Crippen LogP contribution in [0.5, 0.6) is 0 Å². The van der Waals surface area contributed by atoms with E-state index < -0.39 is 0 Å². The lowest BCUT2D eigenvalue weighted by atomic mass is 10.2. The number of carbonyl (C=O) groups is 1. The van der Waals surface area contributed by atoms with Crippen molar-refractivity contribution in [3.8, 4) is 0 Å². The van der Waals surface area contributed by atoms with Crippen LogP contribution in [0.3, 0.4) is 0 Å². The fourth-order valence-electron chi connectivity index (χ4n) is 2.70. The summed E-state index contributed by atoms with van der Waals surface area (Å²) in [4.78, 5) is 20.7. The molecule has 24 heavy (non-hydrogen) atoms. The van der Waals surface area contributed by atoms with Gasteiger partial charge in [-0.2, -0.15) is 0 Å². The Morgan fingerprint density at radius 2 is 1.88 bits per heavy atom. The van der Waals surface area contributed by atoms with E-state index in [1.165, 1.54) is 11.1 Å². The van der Waals surface area contributed by atoms with Crippen LogP contribution < -0.4 is 4.90 Å². The van der Waals surface area contributed by atoms with Crippen LogP contribution in [0.2, 0.25) is 0 Å². The number of pyridine rings is 1. The van der Waals surface area contributed by atoms with Crippen LogP contribution in [-0.2, 0) is 11.2 Å². The first-order valence-electron chi connectivity index (χ1n) is 8.54. The van der Waals surface area contributed by atoms with Gasteiger partial charge in [0.15, 0.2) is 0 Å². The van der Waals surface area contributed by atoms with Gasteiger partial charge in [-0.05, 0) is 62.7 Å². The van der Waals surface area contributed by atoms with Crippen LogP contribution in [0, 0.1) is 6.92 Å². The molecule has 0 aliphatic rings. The van der Waals surface area contributed by atoms with E-state index in [9.17, 15) is 4.79 Å². The Morgan fingerprint density at radius 3 is 2.54 bits per heavy atom. The number of likely N-dealkylation sites (N-methyl/N-ethyl adjacent to an activating group) is 1. The predicted octanol–water partition coefficient (Wildman–Crippen LogP) is 3.31. The number of nitrogens with zero attached hydrogens (tertiary/aromatic N) is 3. The lowest BCUT2D eigenvalue weighted by Gasteiger charge is -2.23. The molecule has 0 atom stereocenters. The molecule has 128 valence electrons. The second kappa shape index (κ2) is 9.18. The lowest BCUT2D eigenvalue weighted by Crippen LogP contribution is -2.34. The van der Waals surface area contributed by atoms with Crippen molar-refractivity contribution in [1.82, 2.24) is 9.88 Å². The molecular formula is C20H27N3O. The Morgan fingerprint density at radius 1 is 1.12 bits per heavy atom. The highest BCUT2D eigenvalue weighted by Gasteiger charge is 2.14. The van der Waals surface area contributed by atoms with Crippen LogP contribution in [0.15, 0.2) is 48.8 Å². The van der Waals surface area contributed by atoms with E-state index in [0.29, 0.717) is 13.0 Å². The maximum atomic E-state index is 12.6. The van der Waals surface area contributed by atoms with E-state index >= 15 is 0 Å². The van der Waals surface area contributed by atoms with Crippen molar-refractivity contribution in [1.29, 1.82) is 0 Å². The fraction of sp³-hybridized carbons (Fsp3) is 0.400. The smallest absolute Gasteiger partial charge is 0.228 e. The van der Waals surface area contributed by atoms with Crippen LogP contribution >= 0.6 is 0 Å². The summed E-state index contributed by atoms with van der Waals surface area (Å²) in [6, 6.07) is 12.2. The zero-order chi connectivity index (χ0) is 17.4. The predicted molar refractivity (Wildman–Crippen MR) is 99.3 cm³/mol. The van der Waals surface area contributed by atoms with E-state index in [2.05, 4.69) is 36.0 Å². The van der Waals surface area contributed by atoms with Gasteiger partial charge in [0.1, 0.15) is 0 Å².